The molecule has 0 fully saturated rings. The van der Waals surface area contributed by atoms with E-state index in [0.717, 1.165) is 44.2 Å². The predicted octanol–water partition coefficient (Wildman–Crippen LogP) is 12.8. The number of fused-ring (bicyclic) bond motifs is 3. The molecule has 0 N–H and O–H groups in total. The molecule has 5 aromatic rings. The molecule has 6 heteroatoms. The first-order valence-electron chi connectivity index (χ1n) is 17.4. The Hall–Kier alpha value is -3.95. The Balaban J connectivity index is 1.66. The number of hydrogen-bond acceptors (Lipinski definition) is 5. The first-order chi connectivity index (χ1) is 22.8. The minimum absolute atomic E-state index is 0.0724. The first kappa shape index (κ1) is 34.9. The molecule has 0 saturated carbocycles. The van der Waals surface area contributed by atoms with Gasteiger partial charge < -0.3 is 17.7 Å². The SMILES string of the molecule is CC(C)(C)c1cc(C(C)(C)C)c2op(Oc3ccccc3C3=N[C@@H](c4ccccc4)CO3)oc3c(C(C)(C)C)cc(C(C)(C)C)cc3c2c1. The highest BCUT2D eigenvalue weighted by atomic mass is 31.1. The summed E-state index contributed by atoms with van der Waals surface area (Å²) in [5.41, 5.74) is 7.73. The molecular weight excluding hydrogens is 625 g/mol. The van der Waals surface area contributed by atoms with E-state index in [1.165, 1.54) is 11.1 Å². The lowest BCUT2D eigenvalue weighted by Gasteiger charge is -2.27. The molecule has 0 aliphatic carbocycles. The van der Waals surface area contributed by atoms with Crippen LogP contribution in [0.1, 0.15) is 123 Å². The summed E-state index contributed by atoms with van der Waals surface area (Å²) in [6.45, 7) is 27.6. The molecule has 0 radical (unpaired) electrons. The van der Waals surface area contributed by atoms with E-state index in [1.807, 2.05) is 42.5 Å². The van der Waals surface area contributed by atoms with E-state index in [4.69, 9.17) is 22.6 Å². The van der Waals surface area contributed by atoms with E-state index in [2.05, 4.69) is 119 Å². The van der Waals surface area contributed by atoms with E-state index in [1.54, 1.807) is 0 Å². The van der Waals surface area contributed by atoms with Gasteiger partial charge in [0, 0.05) is 21.9 Å². The second-order valence-corrected chi connectivity index (χ2v) is 18.5. The molecule has 2 heterocycles. The van der Waals surface area contributed by atoms with Crippen LogP contribution in [0.25, 0.3) is 21.9 Å². The van der Waals surface area contributed by atoms with Gasteiger partial charge in [-0.15, -0.1) is 0 Å². The molecule has 0 unspecified atom stereocenters. The fraction of sp³-hybridized carbons (Fsp3) is 0.419. The number of para-hydroxylation sites is 1. The molecule has 49 heavy (non-hydrogen) atoms. The quantitative estimate of drug-likeness (QED) is 0.190. The van der Waals surface area contributed by atoms with Crippen molar-refractivity contribution in [3.8, 4) is 5.75 Å². The van der Waals surface area contributed by atoms with E-state index in [-0.39, 0.29) is 27.7 Å². The molecule has 1 atom stereocenters. The van der Waals surface area contributed by atoms with Crippen molar-refractivity contribution >= 4 is 36.1 Å². The number of benzene rings is 4. The molecule has 1 aromatic heterocycles. The van der Waals surface area contributed by atoms with Crippen LogP contribution in [-0.2, 0) is 26.4 Å². The van der Waals surface area contributed by atoms with Crippen molar-refractivity contribution in [1.29, 1.82) is 0 Å². The zero-order chi connectivity index (χ0) is 35.5. The van der Waals surface area contributed by atoms with Crippen LogP contribution in [0, 0.1) is 0 Å². The summed E-state index contributed by atoms with van der Waals surface area (Å²) < 4.78 is 27.0. The van der Waals surface area contributed by atoms with Gasteiger partial charge in [-0.2, -0.15) is 0 Å². The van der Waals surface area contributed by atoms with E-state index >= 15 is 0 Å². The lowest BCUT2D eigenvalue weighted by Crippen LogP contribution is -2.17. The number of rotatable bonds is 4. The van der Waals surface area contributed by atoms with E-state index < -0.39 is 8.24 Å². The summed E-state index contributed by atoms with van der Waals surface area (Å²) in [5.74, 6) is 1.17. The van der Waals surface area contributed by atoms with Crippen LogP contribution >= 0.6 is 8.24 Å². The Bertz CT molecular complexity index is 1990. The lowest BCUT2D eigenvalue weighted by molar-refractivity contribution is 0.319. The molecule has 0 saturated heterocycles. The Kier molecular flexibility index (Phi) is 8.85. The first-order valence-corrected chi connectivity index (χ1v) is 18.5. The van der Waals surface area contributed by atoms with Crippen molar-refractivity contribution in [2.45, 2.75) is 111 Å². The van der Waals surface area contributed by atoms with Gasteiger partial charge >= 0.3 is 8.24 Å². The second kappa shape index (κ2) is 12.4. The molecule has 258 valence electrons. The molecule has 0 spiro atoms. The van der Waals surface area contributed by atoms with Crippen LogP contribution in [0.2, 0.25) is 0 Å². The summed E-state index contributed by atoms with van der Waals surface area (Å²) in [4.78, 5) is 4.97. The third-order valence-electron chi connectivity index (χ3n) is 9.27. The Morgan fingerprint density at radius 2 is 1.10 bits per heavy atom. The van der Waals surface area contributed by atoms with Gasteiger partial charge in [-0.05, 0) is 62.6 Å². The maximum Gasteiger partial charge on any atom is 0.453 e. The number of aliphatic imine (C=N–C) groups is 1. The van der Waals surface area contributed by atoms with Gasteiger partial charge in [-0.3, -0.25) is 0 Å². The zero-order valence-electron chi connectivity index (χ0n) is 31.3. The van der Waals surface area contributed by atoms with Gasteiger partial charge in [0.25, 0.3) is 0 Å². The van der Waals surface area contributed by atoms with Crippen LogP contribution in [0.3, 0.4) is 0 Å². The lowest BCUT2D eigenvalue weighted by atomic mass is 9.77. The monoisotopic (exact) mass is 677 g/mol. The van der Waals surface area contributed by atoms with Gasteiger partial charge in [0.15, 0.2) is 0 Å². The summed E-state index contributed by atoms with van der Waals surface area (Å²) in [5, 5.41) is 2.08. The standard InChI is InChI=1S/C43H52NO4P/c1-40(2,3)28-22-31-32-23-29(41(4,5)6)25-34(43(10,11)12)38(32)48-49(47-37(31)33(24-28)42(7,8)9)46-36-21-17-16-20-30(36)39-44-35(26-45-39)27-18-14-13-15-19-27/h13-25,35H,26H2,1-12H3/t35-/m1/s1. The van der Waals surface area contributed by atoms with Crippen molar-refractivity contribution in [2.24, 2.45) is 4.99 Å². The van der Waals surface area contributed by atoms with Crippen LogP contribution < -0.4 is 4.52 Å². The molecular formula is C43H52NO4P. The van der Waals surface area contributed by atoms with Gasteiger partial charge in [0.1, 0.15) is 29.6 Å². The van der Waals surface area contributed by atoms with Crippen LogP contribution in [0.5, 0.6) is 5.75 Å². The van der Waals surface area contributed by atoms with Crippen molar-refractivity contribution in [2.75, 3.05) is 6.61 Å². The minimum Gasteiger partial charge on any atom is -0.475 e. The zero-order valence-corrected chi connectivity index (χ0v) is 32.2. The van der Waals surface area contributed by atoms with Gasteiger partial charge in [0.2, 0.25) is 5.90 Å². The normalized spacial score (nSPS) is 15.8. The van der Waals surface area contributed by atoms with Crippen molar-refractivity contribution in [1.82, 2.24) is 0 Å². The Morgan fingerprint density at radius 3 is 1.59 bits per heavy atom. The minimum atomic E-state index is -1.95. The largest absolute Gasteiger partial charge is 0.475 e. The molecule has 0 bridgehead atoms. The fourth-order valence-electron chi connectivity index (χ4n) is 6.21. The molecule has 1 aliphatic heterocycles. The number of ether oxygens (including phenoxy) is 1. The van der Waals surface area contributed by atoms with Crippen LogP contribution in [0.4, 0.5) is 0 Å². The third-order valence-corrected chi connectivity index (χ3v) is 10.3. The summed E-state index contributed by atoms with van der Waals surface area (Å²) in [7, 11) is -1.95. The predicted molar refractivity (Wildman–Crippen MR) is 205 cm³/mol. The Morgan fingerprint density at radius 1 is 0.612 bits per heavy atom. The Labute approximate surface area is 293 Å². The molecule has 0 amide bonds. The highest BCUT2D eigenvalue weighted by Crippen LogP contribution is 2.46. The average Bonchev–Trinajstić information content (AvgIpc) is 3.44. The molecule has 4 aromatic carbocycles. The topological polar surface area (TPSA) is 57.1 Å². The second-order valence-electron chi connectivity index (χ2n) is 17.5. The number of nitrogens with zero attached hydrogens (tertiary/aromatic N) is 1. The van der Waals surface area contributed by atoms with Crippen molar-refractivity contribution < 1.29 is 17.7 Å². The maximum absolute atomic E-state index is 7.01. The van der Waals surface area contributed by atoms with Gasteiger partial charge in [-0.1, -0.05) is 138 Å². The van der Waals surface area contributed by atoms with Crippen LogP contribution in [-0.4, -0.2) is 12.5 Å². The highest BCUT2D eigenvalue weighted by Gasteiger charge is 2.30. The highest BCUT2D eigenvalue weighted by molar-refractivity contribution is 7.32. The smallest absolute Gasteiger partial charge is 0.453 e. The third kappa shape index (κ3) is 7.19. The molecule has 1 aliphatic rings. The van der Waals surface area contributed by atoms with Gasteiger partial charge in [0.05, 0.1) is 5.56 Å². The summed E-state index contributed by atoms with van der Waals surface area (Å²) in [6.07, 6.45) is 0. The summed E-state index contributed by atoms with van der Waals surface area (Å²) in [6, 6.07) is 27.3. The van der Waals surface area contributed by atoms with Crippen molar-refractivity contribution in [3.63, 3.8) is 0 Å². The van der Waals surface area contributed by atoms with Crippen molar-refractivity contribution in [3.05, 3.63) is 112 Å². The maximum atomic E-state index is 7.01. The van der Waals surface area contributed by atoms with E-state index in [9.17, 15) is 0 Å². The number of hydrogen-bond donors (Lipinski definition) is 0. The van der Waals surface area contributed by atoms with Crippen LogP contribution in [0.15, 0.2) is 92.2 Å². The average molecular weight is 678 g/mol. The molecule has 6 rings (SSSR count). The van der Waals surface area contributed by atoms with Gasteiger partial charge in [-0.25, -0.2) is 4.99 Å². The fourth-order valence-corrected chi connectivity index (χ4v) is 7.33. The summed E-state index contributed by atoms with van der Waals surface area (Å²) >= 11 is 0. The van der Waals surface area contributed by atoms with E-state index in [0.29, 0.717) is 18.3 Å². The molecule has 5 nitrogen and oxygen atoms in total.